The highest BCUT2D eigenvalue weighted by atomic mass is 19.3. The molecule has 0 aromatic carbocycles. The second-order valence-electron chi connectivity index (χ2n) is 6.67. The Labute approximate surface area is 133 Å². The number of carbonyl (C=O) groups excluding carboxylic acids is 1. The van der Waals surface area contributed by atoms with E-state index in [0.29, 0.717) is 25.2 Å². The molecule has 0 radical (unpaired) electrons. The minimum Gasteiger partial charge on any atom is -0.387 e. The Balaban J connectivity index is 1.58. The summed E-state index contributed by atoms with van der Waals surface area (Å²) in [5.74, 6) is -2.75. The van der Waals surface area contributed by atoms with E-state index in [0.717, 1.165) is 0 Å². The molecule has 1 atom stereocenters. The highest BCUT2D eigenvalue weighted by molar-refractivity contribution is 5.92. The van der Waals surface area contributed by atoms with Crippen LogP contribution >= 0.6 is 0 Å². The number of β-amino-alcohol motifs (C(OH)–C–C–N with tert-alkyl or cyclic N) is 1. The Morgan fingerprint density at radius 1 is 1.30 bits per heavy atom. The van der Waals surface area contributed by atoms with Gasteiger partial charge in [0.1, 0.15) is 5.69 Å². The van der Waals surface area contributed by atoms with Crippen LogP contribution < -0.4 is 0 Å². The normalized spacial score (nSPS) is 28.3. The van der Waals surface area contributed by atoms with Gasteiger partial charge in [-0.05, 0) is 12.5 Å². The van der Waals surface area contributed by atoms with Crippen molar-refractivity contribution < 1.29 is 18.7 Å². The van der Waals surface area contributed by atoms with E-state index in [-0.39, 0.29) is 38.4 Å². The van der Waals surface area contributed by atoms with Gasteiger partial charge in [-0.3, -0.25) is 14.4 Å². The molecule has 0 spiro atoms. The molecule has 6 nitrogen and oxygen atoms in total. The van der Waals surface area contributed by atoms with Gasteiger partial charge in [-0.2, -0.15) is 5.10 Å². The van der Waals surface area contributed by atoms with E-state index in [2.05, 4.69) is 5.10 Å². The van der Waals surface area contributed by atoms with E-state index in [1.54, 1.807) is 24.2 Å². The number of likely N-dealkylation sites (tertiary alicyclic amines) is 2. The van der Waals surface area contributed by atoms with E-state index < -0.39 is 11.5 Å². The quantitative estimate of drug-likeness (QED) is 0.889. The van der Waals surface area contributed by atoms with Crippen molar-refractivity contribution in [2.75, 3.05) is 32.7 Å². The summed E-state index contributed by atoms with van der Waals surface area (Å²) in [4.78, 5) is 15.9. The molecule has 0 bridgehead atoms. The molecule has 1 N–H and O–H groups in total. The van der Waals surface area contributed by atoms with Crippen LogP contribution in [0.3, 0.4) is 0 Å². The number of hydrogen-bond donors (Lipinski definition) is 1. The van der Waals surface area contributed by atoms with Crippen LogP contribution in [0.25, 0.3) is 0 Å². The van der Waals surface area contributed by atoms with Gasteiger partial charge in [0.15, 0.2) is 0 Å². The maximum absolute atomic E-state index is 13.2. The predicted octanol–water partition coefficient (Wildman–Crippen LogP) is 0.728. The maximum atomic E-state index is 13.2. The van der Waals surface area contributed by atoms with Crippen LogP contribution in [-0.4, -0.2) is 74.8 Å². The molecule has 3 rings (SSSR count). The third-order valence-corrected chi connectivity index (χ3v) is 4.77. The lowest BCUT2D eigenvalue weighted by Crippen LogP contribution is -2.49. The van der Waals surface area contributed by atoms with Gasteiger partial charge in [-0.15, -0.1) is 0 Å². The first-order valence-corrected chi connectivity index (χ1v) is 7.88. The summed E-state index contributed by atoms with van der Waals surface area (Å²) in [7, 11) is 1.70. The Hall–Kier alpha value is -1.54. The van der Waals surface area contributed by atoms with Gasteiger partial charge in [0, 0.05) is 52.3 Å². The number of amides is 1. The van der Waals surface area contributed by atoms with Crippen molar-refractivity contribution in [2.24, 2.45) is 7.05 Å². The lowest BCUT2D eigenvalue weighted by Gasteiger charge is -2.36. The Kier molecular flexibility index (Phi) is 4.14. The van der Waals surface area contributed by atoms with Gasteiger partial charge in [-0.25, -0.2) is 8.78 Å². The maximum Gasteiger partial charge on any atom is 0.272 e. The summed E-state index contributed by atoms with van der Waals surface area (Å²) < 4.78 is 27.9. The number of aromatic nitrogens is 2. The molecular formula is C15H22F2N4O2. The number of nitrogens with zero attached hydrogens (tertiary/aromatic N) is 4. The third-order valence-electron chi connectivity index (χ3n) is 4.77. The zero-order valence-electron chi connectivity index (χ0n) is 13.2. The molecule has 8 heteroatoms. The average molecular weight is 328 g/mol. The lowest BCUT2D eigenvalue weighted by atomic mass is 10.00. The van der Waals surface area contributed by atoms with Crippen LogP contribution in [0.1, 0.15) is 29.8 Å². The Morgan fingerprint density at radius 2 is 2.00 bits per heavy atom. The van der Waals surface area contributed by atoms with Crippen molar-refractivity contribution in [1.82, 2.24) is 19.6 Å². The predicted molar refractivity (Wildman–Crippen MR) is 79.3 cm³/mol. The molecule has 0 saturated carbocycles. The Morgan fingerprint density at radius 3 is 2.61 bits per heavy atom. The fourth-order valence-corrected chi connectivity index (χ4v) is 3.36. The highest BCUT2D eigenvalue weighted by Gasteiger charge is 2.42. The molecule has 2 aliphatic heterocycles. The number of aryl methyl sites for hydroxylation is 1. The summed E-state index contributed by atoms with van der Waals surface area (Å²) >= 11 is 0. The monoisotopic (exact) mass is 328 g/mol. The van der Waals surface area contributed by atoms with E-state index in [1.807, 2.05) is 4.90 Å². The molecule has 2 saturated heterocycles. The van der Waals surface area contributed by atoms with Crippen molar-refractivity contribution in [2.45, 2.75) is 30.8 Å². The van der Waals surface area contributed by atoms with E-state index in [1.165, 1.54) is 4.68 Å². The topological polar surface area (TPSA) is 61.6 Å². The number of alkyl halides is 2. The smallest absolute Gasteiger partial charge is 0.272 e. The minimum atomic E-state index is -2.59. The van der Waals surface area contributed by atoms with Gasteiger partial charge >= 0.3 is 0 Å². The van der Waals surface area contributed by atoms with Gasteiger partial charge < -0.3 is 10.0 Å². The van der Waals surface area contributed by atoms with Crippen LogP contribution in [0, 0.1) is 0 Å². The SMILES string of the molecule is Cn1nccc1C(=O)N1CC[C@@](O)(CN2CCC(F)(F)CC2)C1. The van der Waals surface area contributed by atoms with Crippen molar-refractivity contribution >= 4 is 5.91 Å². The van der Waals surface area contributed by atoms with Gasteiger partial charge in [0.05, 0.1) is 12.1 Å². The van der Waals surface area contributed by atoms with Gasteiger partial charge in [0.2, 0.25) is 0 Å². The van der Waals surface area contributed by atoms with Crippen LogP contribution in [0.2, 0.25) is 0 Å². The average Bonchev–Trinajstić information content (AvgIpc) is 3.07. The van der Waals surface area contributed by atoms with Crippen LogP contribution in [0.15, 0.2) is 12.3 Å². The summed E-state index contributed by atoms with van der Waals surface area (Å²) in [6, 6.07) is 1.65. The van der Waals surface area contributed by atoms with E-state index in [4.69, 9.17) is 0 Å². The standard InChI is InChI=1S/C15H22F2N4O2/c1-19-12(2-6-18-19)13(22)21-9-3-14(23,11-21)10-20-7-4-15(16,17)5-8-20/h2,6,23H,3-5,7-11H2,1H3/t14-/m1/s1. The van der Waals surface area contributed by atoms with Crippen LogP contribution in [0.4, 0.5) is 8.78 Å². The first kappa shape index (κ1) is 16.3. The second-order valence-corrected chi connectivity index (χ2v) is 6.67. The molecule has 0 aliphatic carbocycles. The molecule has 1 aromatic heterocycles. The zero-order valence-corrected chi connectivity index (χ0v) is 13.2. The molecule has 3 heterocycles. The van der Waals surface area contributed by atoms with Crippen molar-refractivity contribution in [3.05, 3.63) is 18.0 Å². The fraction of sp³-hybridized carbons (Fsp3) is 0.733. The number of halogens is 2. The molecule has 2 fully saturated rings. The zero-order chi connectivity index (χ0) is 16.7. The third kappa shape index (κ3) is 3.53. The number of carbonyl (C=O) groups is 1. The first-order chi connectivity index (χ1) is 10.8. The molecule has 0 unspecified atom stereocenters. The fourth-order valence-electron chi connectivity index (χ4n) is 3.36. The largest absolute Gasteiger partial charge is 0.387 e. The second kappa shape index (κ2) is 5.83. The minimum absolute atomic E-state index is 0.161. The first-order valence-electron chi connectivity index (χ1n) is 7.88. The van der Waals surface area contributed by atoms with Crippen LogP contribution in [0.5, 0.6) is 0 Å². The van der Waals surface area contributed by atoms with Crippen LogP contribution in [-0.2, 0) is 7.05 Å². The van der Waals surface area contributed by atoms with Gasteiger partial charge in [0.25, 0.3) is 11.8 Å². The summed E-state index contributed by atoms with van der Waals surface area (Å²) in [6.07, 6.45) is 1.69. The number of aliphatic hydroxyl groups is 1. The molecular weight excluding hydrogens is 306 g/mol. The Bertz CT molecular complexity index is 582. The molecule has 1 aromatic rings. The van der Waals surface area contributed by atoms with E-state index >= 15 is 0 Å². The van der Waals surface area contributed by atoms with Crippen molar-refractivity contribution in [1.29, 1.82) is 0 Å². The van der Waals surface area contributed by atoms with E-state index in [9.17, 15) is 18.7 Å². The molecule has 128 valence electrons. The lowest BCUT2D eigenvalue weighted by molar-refractivity contribution is -0.0720. The van der Waals surface area contributed by atoms with Crippen molar-refractivity contribution in [3.63, 3.8) is 0 Å². The van der Waals surface area contributed by atoms with Crippen molar-refractivity contribution in [3.8, 4) is 0 Å². The number of hydrogen-bond acceptors (Lipinski definition) is 4. The summed E-state index contributed by atoms with van der Waals surface area (Å²) in [5, 5.41) is 14.7. The molecule has 23 heavy (non-hydrogen) atoms. The molecule has 1 amide bonds. The highest BCUT2D eigenvalue weighted by Crippen LogP contribution is 2.30. The van der Waals surface area contributed by atoms with Gasteiger partial charge in [-0.1, -0.05) is 0 Å². The number of rotatable bonds is 3. The summed E-state index contributed by atoms with van der Waals surface area (Å²) in [5.41, 5.74) is -0.548. The molecule has 2 aliphatic rings. The number of piperidine rings is 1. The summed E-state index contributed by atoms with van der Waals surface area (Å²) in [6.45, 7) is 1.59.